The van der Waals surface area contributed by atoms with Crippen LogP contribution in [0.15, 0.2) is 34.9 Å². The molecule has 3 rings (SSSR count). The summed E-state index contributed by atoms with van der Waals surface area (Å²) in [5.74, 6) is 0.653. The van der Waals surface area contributed by atoms with E-state index in [2.05, 4.69) is 25.9 Å². The van der Waals surface area contributed by atoms with Crippen molar-refractivity contribution in [1.82, 2.24) is 14.9 Å². The largest absolute Gasteiger partial charge is 0.444 e. The number of carbonyl (C=O) groups is 1. The summed E-state index contributed by atoms with van der Waals surface area (Å²) in [6.07, 6.45) is 1.16. The third-order valence-electron chi connectivity index (χ3n) is 3.97. The molecule has 25 heavy (non-hydrogen) atoms. The number of rotatable bonds is 2. The van der Waals surface area contributed by atoms with E-state index in [-0.39, 0.29) is 12.6 Å². The van der Waals surface area contributed by atoms with E-state index >= 15 is 0 Å². The van der Waals surface area contributed by atoms with Crippen LogP contribution < -0.4 is 0 Å². The Labute approximate surface area is 155 Å². The molecule has 2 aromatic rings. The highest BCUT2D eigenvalue weighted by Gasteiger charge is 2.39. The summed E-state index contributed by atoms with van der Waals surface area (Å²) in [7, 11) is 0. The van der Waals surface area contributed by atoms with E-state index in [9.17, 15) is 9.90 Å². The molecule has 1 aliphatic heterocycles. The number of nitrogens with zero attached hydrogens (tertiary/aromatic N) is 2. The van der Waals surface area contributed by atoms with Crippen LogP contribution in [0.3, 0.4) is 0 Å². The van der Waals surface area contributed by atoms with Crippen molar-refractivity contribution in [1.29, 1.82) is 0 Å². The minimum Gasteiger partial charge on any atom is -0.444 e. The first-order valence-electron chi connectivity index (χ1n) is 8.21. The fourth-order valence-electron chi connectivity index (χ4n) is 2.88. The number of imidazole rings is 1. The monoisotopic (exact) mass is 407 g/mol. The molecule has 2 atom stereocenters. The third-order valence-corrected chi connectivity index (χ3v) is 4.50. The van der Waals surface area contributed by atoms with Gasteiger partial charge in [0.1, 0.15) is 11.4 Å². The molecule has 0 saturated carbocycles. The van der Waals surface area contributed by atoms with Crippen molar-refractivity contribution in [2.24, 2.45) is 0 Å². The molecule has 1 fully saturated rings. The smallest absolute Gasteiger partial charge is 0.411 e. The number of hydrogen-bond donors (Lipinski definition) is 2. The van der Waals surface area contributed by atoms with Crippen LogP contribution >= 0.6 is 15.9 Å². The molecule has 2 heterocycles. The van der Waals surface area contributed by atoms with Crippen molar-refractivity contribution in [3.8, 4) is 11.3 Å². The number of amides is 1. The van der Waals surface area contributed by atoms with Gasteiger partial charge in [0.15, 0.2) is 0 Å². The van der Waals surface area contributed by atoms with Crippen LogP contribution in [-0.2, 0) is 4.74 Å². The molecule has 134 valence electrons. The Bertz CT molecular complexity index is 752. The second-order valence-corrected chi connectivity index (χ2v) is 8.14. The maximum absolute atomic E-state index is 12.5. The Kier molecular flexibility index (Phi) is 4.88. The van der Waals surface area contributed by atoms with Crippen molar-refractivity contribution in [3.63, 3.8) is 0 Å². The highest BCUT2D eigenvalue weighted by Crippen LogP contribution is 2.33. The molecule has 0 unspecified atom stereocenters. The number of aliphatic hydroxyl groups excluding tert-OH is 1. The zero-order valence-electron chi connectivity index (χ0n) is 14.5. The fourth-order valence-corrected chi connectivity index (χ4v) is 3.14. The molecule has 0 aliphatic carbocycles. The van der Waals surface area contributed by atoms with Crippen molar-refractivity contribution >= 4 is 22.0 Å². The molecular weight excluding hydrogens is 386 g/mol. The Morgan fingerprint density at radius 1 is 1.36 bits per heavy atom. The average Bonchev–Trinajstić information content (AvgIpc) is 3.12. The lowest BCUT2D eigenvalue weighted by atomic mass is 10.1. The second-order valence-electron chi connectivity index (χ2n) is 7.23. The normalized spacial score (nSPS) is 20.8. The van der Waals surface area contributed by atoms with E-state index in [0.717, 1.165) is 15.7 Å². The van der Waals surface area contributed by atoms with Gasteiger partial charge in [0.05, 0.1) is 30.6 Å². The molecule has 1 aromatic carbocycles. The average molecular weight is 408 g/mol. The molecule has 1 saturated heterocycles. The first kappa shape index (κ1) is 17.9. The molecule has 1 aliphatic rings. The number of β-amino-alcohol motifs (C(OH)–C–C–N with tert-alkyl or cyclic N) is 1. The van der Waals surface area contributed by atoms with E-state index in [4.69, 9.17) is 4.74 Å². The van der Waals surface area contributed by atoms with Gasteiger partial charge in [0.25, 0.3) is 0 Å². The predicted octanol–water partition coefficient (Wildman–Crippen LogP) is 3.88. The van der Waals surface area contributed by atoms with E-state index in [1.807, 2.05) is 45.0 Å². The van der Waals surface area contributed by atoms with Crippen LogP contribution in [0.4, 0.5) is 4.79 Å². The number of benzene rings is 1. The quantitative estimate of drug-likeness (QED) is 0.791. The first-order chi connectivity index (χ1) is 11.7. The summed E-state index contributed by atoms with van der Waals surface area (Å²) in [6.45, 7) is 5.72. The Balaban J connectivity index is 1.82. The molecule has 2 N–H and O–H groups in total. The molecule has 0 bridgehead atoms. The lowest BCUT2D eigenvalue weighted by molar-refractivity contribution is 0.0201. The van der Waals surface area contributed by atoms with Gasteiger partial charge in [0.2, 0.25) is 0 Å². The summed E-state index contributed by atoms with van der Waals surface area (Å²) >= 11 is 3.42. The lowest BCUT2D eigenvalue weighted by Crippen LogP contribution is -2.37. The summed E-state index contributed by atoms with van der Waals surface area (Å²) in [6, 6.07) is 7.56. The van der Waals surface area contributed by atoms with E-state index in [0.29, 0.717) is 12.2 Å². The van der Waals surface area contributed by atoms with Gasteiger partial charge in [0, 0.05) is 10.9 Å². The molecule has 1 aromatic heterocycles. The van der Waals surface area contributed by atoms with Crippen molar-refractivity contribution in [3.05, 3.63) is 40.8 Å². The zero-order valence-corrected chi connectivity index (χ0v) is 16.1. The van der Waals surface area contributed by atoms with Crippen LogP contribution in [0.2, 0.25) is 0 Å². The predicted molar refractivity (Wildman–Crippen MR) is 98.0 cm³/mol. The number of H-pyrrole nitrogens is 1. The molecular formula is C18H22BrN3O3. The van der Waals surface area contributed by atoms with Gasteiger partial charge in [-0.1, -0.05) is 28.1 Å². The van der Waals surface area contributed by atoms with Gasteiger partial charge < -0.3 is 14.8 Å². The summed E-state index contributed by atoms with van der Waals surface area (Å²) in [5.41, 5.74) is 1.29. The number of ether oxygens (including phenoxy) is 1. The second kappa shape index (κ2) is 6.80. The van der Waals surface area contributed by atoms with Gasteiger partial charge in [-0.25, -0.2) is 9.78 Å². The summed E-state index contributed by atoms with van der Waals surface area (Å²) in [4.78, 5) is 21.7. The van der Waals surface area contributed by atoms with Crippen LogP contribution in [0.25, 0.3) is 11.3 Å². The number of aromatic amines is 1. The Hall–Kier alpha value is -1.86. The number of likely N-dealkylation sites (tertiary alicyclic amines) is 1. The van der Waals surface area contributed by atoms with Gasteiger partial charge in [-0.2, -0.15) is 0 Å². The van der Waals surface area contributed by atoms with E-state index in [1.54, 1.807) is 11.1 Å². The third kappa shape index (κ3) is 4.22. The van der Waals surface area contributed by atoms with Crippen LogP contribution in [-0.4, -0.2) is 44.3 Å². The first-order valence-corrected chi connectivity index (χ1v) is 9.01. The number of nitrogens with one attached hydrogen (secondary N) is 1. The summed E-state index contributed by atoms with van der Waals surface area (Å²) in [5, 5.41) is 10.0. The molecule has 6 nitrogen and oxygen atoms in total. The molecule has 1 amide bonds. The van der Waals surface area contributed by atoms with Crippen LogP contribution in [0, 0.1) is 0 Å². The van der Waals surface area contributed by atoms with E-state index in [1.165, 1.54) is 0 Å². The van der Waals surface area contributed by atoms with Gasteiger partial charge >= 0.3 is 6.09 Å². The van der Waals surface area contributed by atoms with Gasteiger partial charge in [-0.15, -0.1) is 0 Å². The van der Waals surface area contributed by atoms with Crippen LogP contribution in [0.1, 0.15) is 39.1 Å². The highest BCUT2D eigenvalue weighted by atomic mass is 79.9. The van der Waals surface area contributed by atoms with Crippen molar-refractivity contribution < 1.29 is 14.6 Å². The Morgan fingerprint density at radius 2 is 2.04 bits per heavy atom. The number of halogens is 1. The zero-order chi connectivity index (χ0) is 18.2. The van der Waals surface area contributed by atoms with E-state index < -0.39 is 17.8 Å². The number of hydrogen-bond acceptors (Lipinski definition) is 4. The molecule has 0 spiro atoms. The highest BCUT2D eigenvalue weighted by molar-refractivity contribution is 9.10. The SMILES string of the molecule is CC(C)(C)OC(=O)N1C[C@H](O)C[C@H]1c1ncc(-c2ccc(Br)cc2)[nH]1. The Morgan fingerprint density at radius 3 is 2.68 bits per heavy atom. The van der Waals surface area contributed by atoms with Crippen LogP contribution in [0.5, 0.6) is 0 Å². The minimum atomic E-state index is -0.584. The number of carbonyl (C=O) groups excluding carboxylic acids is 1. The topological polar surface area (TPSA) is 78.4 Å². The number of aliphatic hydroxyl groups is 1. The minimum absolute atomic E-state index is 0.244. The summed E-state index contributed by atoms with van der Waals surface area (Å²) < 4.78 is 6.46. The number of aromatic nitrogens is 2. The fraction of sp³-hybridized carbons (Fsp3) is 0.444. The molecule has 0 radical (unpaired) electrons. The maximum atomic E-state index is 12.5. The maximum Gasteiger partial charge on any atom is 0.411 e. The van der Waals surface area contributed by atoms with Gasteiger partial charge in [-0.05, 0) is 38.5 Å². The van der Waals surface area contributed by atoms with Crippen molar-refractivity contribution in [2.45, 2.75) is 44.9 Å². The standard InChI is InChI=1S/C18H22BrN3O3/c1-18(2,3)25-17(24)22-10-13(23)8-15(22)16-20-9-14(21-16)11-4-6-12(19)7-5-11/h4-7,9,13,15,23H,8,10H2,1-3H3,(H,20,21)/t13-,15+/m1/s1. The lowest BCUT2D eigenvalue weighted by Gasteiger charge is -2.27. The van der Waals surface area contributed by atoms with Crippen molar-refractivity contribution in [2.75, 3.05) is 6.54 Å². The molecule has 7 heteroatoms. The van der Waals surface area contributed by atoms with Gasteiger partial charge in [-0.3, -0.25) is 4.90 Å².